The lowest BCUT2D eigenvalue weighted by molar-refractivity contribution is -0.136. The summed E-state index contributed by atoms with van der Waals surface area (Å²) in [6, 6.07) is 0. The first kappa shape index (κ1) is 16.1. The minimum Gasteiger partial charge on any atom is -0.275 e. The zero-order valence-corrected chi connectivity index (χ0v) is 12.0. The Labute approximate surface area is 118 Å². The van der Waals surface area contributed by atoms with E-state index in [4.69, 9.17) is 0 Å². The van der Waals surface area contributed by atoms with Crippen LogP contribution in [0.25, 0.3) is 0 Å². The third-order valence-corrected chi connectivity index (χ3v) is 3.07. The van der Waals surface area contributed by atoms with Gasteiger partial charge in [0.1, 0.15) is 0 Å². The van der Waals surface area contributed by atoms with Crippen LogP contribution < -0.4 is 5.43 Å². The first-order valence-electron chi connectivity index (χ1n) is 6.90. The molecule has 1 rings (SSSR count). The number of nitrogens with one attached hydrogen (secondary N) is 1. The normalized spacial score (nSPS) is 15.1. The Bertz CT molecular complexity index is 423. The molecule has 0 bridgehead atoms. The van der Waals surface area contributed by atoms with Gasteiger partial charge in [0.15, 0.2) is 0 Å². The van der Waals surface area contributed by atoms with Crippen molar-refractivity contribution < 1.29 is 14.4 Å². The lowest BCUT2D eigenvalue weighted by Crippen LogP contribution is -2.30. The van der Waals surface area contributed by atoms with Crippen LogP contribution in [0, 0.1) is 0 Å². The summed E-state index contributed by atoms with van der Waals surface area (Å²) in [6.07, 6.45) is 6.00. The van der Waals surface area contributed by atoms with Crippen molar-refractivity contribution in [1.82, 2.24) is 10.3 Å². The average Bonchev–Trinajstić information content (AvgIpc) is 2.75. The van der Waals surface area contributed by atoms with Crippen molar-refractivity contribution >= 4 is 23.4 Å². The molecule has 20 heavy (non-hydrogen) atoms. The Morgan fingerprint density at radius 2 is 1.85 bits per heavy atom. The fourth-order valence-corrected chi connectivity index (χ4v) is 1.68. The van der Waals surface area contributed by atoms with E-state index in [9.17, 15) is 14.4 Å². The number of amides is 3. The lowest BCUT2D eigenvalue weighted by atomic mass is 10.2. The second kappa shape index (κ2) is 8.24. The Balaban J connectivity index is 2.09. The fraction of sp³-hybridized carbons (Fsp3) is 0.571. The summed E-state index contributed by atoms with van der Waals surface area (Å²) < 4.78 is 0. The van der Waals surface area contributed by atoms with Crippen molar-refractivity contribution in [2.45, 2.75) is 46.0 Å². The van der Waals surface area contributed by atoms with Crippen LogP contribution in [0.15, 0.2) is 17.3 Å². The van der Waals surface area contributed by atoms with E-state index in [1.54, 1.807) is 0 Å². The fourth-order valence-electron chi connectivity index (χ4n) is 1.68. The Morgan fingerprint density at radius 3 is 2.45 bits per heavy atom. The standard InChI is InChI=1S/C14H21N3O3/c1-3-11(2)15-16-12(18)7-5-4-6-10-17-13(19)8-9-14(17)20/h8-9H,3-7,10H2,1-2H3,(H,16,18)/b15-11+. The number of unbranched alkanes of at least 4 members (excludes halogenated alkanes) is 2. The molecule has 1 N–H and O–H groups in total. The molecule has 0 radical (unpaired) electrons. The van der Waals surface area contributed by atoms with Crippen LogP contribution in [-0.4, -0.2) is 34.9 Å². The lowest BCUT2D eigenvalue weighted by Gasteiger charge is -2.12. The van der Waals surface area contributed by atoms with Crippen LogP contribution in [0.1, 0.15) is 46.0 Å². The maximum Gasteiger partial charge on any atom is 0.253 e. The molecule has 0 aromatic heterocycles. The molecule has 1 heterocycles. The van der Waals surface area contributed by atoms with E-state index in [-0.39, 0.29) is 17.7 Å². The van der Waals surface area contributed by atoms with Gasteiger partial charge in [-0.3, -0.25) is 19.3 Å². The van der Waals surface area contributed by atoms with Gasteiger partial charge in [0.2, 0.25) is 5.91 Å². The molecule has 3 amide bonds. The van der Waals surface area contributed by atoms with Gasteiger partial charge in [-0.25, -0.2) is 5.43 Å². The van der Waals surface area contributed by atoms with E-state index in [1.165, 1.54) is 17.1 Å². The number of nitrogens with zero attached hydrogens (tertiary/aromatic N) is 2. The number of carbonyl (C=O) groups is 3. The quantitative estimate of drug-likeness (QED) is 0.315. The van der Waals surface area contributed by atoms with Gasteiger partial charge in [-0.1, -0.05) is 13.3 Å². The molecule has 0 fully saturated rings. The SMILES string of the molecule is CC/C(C)=N/NC(=O)CCCCCN1C(=O)C=CC1=O. The molecule has 0 saturated carbocycles. The average molecular weight is 279 g/mol. The maximum atomic E-state index is 11.4. The predicted octanol–water partition coefficient (Wildman–Crippen LogP) is 1.37. The number of imide groups is 1. The molecule has 110 valence electrons. The molecule has 0 spiro atoms. The molecular formula is C14H21N3O3. The van der Waals surface area contributed by atoms with E-state index in [0.29, 0.717) is 19.4 Å². The second-order valence-electron chi connectivity index (χ2n) is 4.71. The van der Waals surface area contributed by atoms with Crippen molar-refractivity contribution in [2.24, 2.45) is 5.10 Å². The highest BCUT2D eigenvalue weighted by Crippen LogP contribution is 2.07. The molecule has 0 unspecified atom stereocenters. The number of rotatable bonds is 8. The van der Waals surface area contributed by atoms with Crippen molar-refractivity contribution in [1.29, 1.82) is 0 Å². The summed E-state index contributed by atoms with van der Waals surface area (Å²) in [5.41, 5.74) is 3.39. The highest BCUT2D eigenvalue weighted by Gasteiger charge is 2.22. The van der Waals surface area contributed by atoms with Gasteiger partial charge in [-0.15, -0.1) is 0 Å². The molecule has 0 aliphatic carbocycles. The molecule has 0 saturated heterocycles. The molecule has 1 aliphatic rings. The van der Waals surface area contributed by atoms with Gasteiger partial charge in [0.25, 0.3) is 11.8 Å². The van der Waals surface area contributed by atoms with Gasteiger partial charge in [0, 0.05) is 30.8 Å². The number of hydrogen-bond donors (Lipinski definition) is 1. The predicted molar refractivity (Wildman–Crippen MR) is 75.9 cm³/mol. The van der Waals surface area contributed by atoms with E-state index < -0.39 is 0 Å². The molecule has 0 aromatic carbocycles. The van der Waals surface area contributed by atoms with Gasteiger partial charge in [-0.2, -0.15) is 5.10 Å². The summed E-state index contributed by atoms with van der Waals surface area (Å²) in [5, 5.41) is 3.94. The van der Waals surface area contributed by atoms with Crippen LogP contribution in [0.3, 0.4) is 0 Å². The first-order chi connectivity index (χ1) is 9.54. The summed E-state index contributed by atoms with van der Waals surface area (Å²) in [6.45, 7) is 4.25. The third-order valence-electron chi connectivity index (χ3n) is 3.07. The monoisotopic (exact) mass is 279 g/mol. The first-order valence-corrected chi connectivity index (χ1v) is 6.90. The van der Waals surface area contributed by atoms with E-state index >= 15 is 0 Å². The zero-order valence-electron chi connectivity index (χ0n) is 12.0. The number of hydrogen-bond acceptors (Lipinski definition) is 4. The largest absolute Gasteiger partial charge is 0.275 e. The Kier molecular flexibility index (Phi) is 6.63. The number of hydrazone groups is 1. The summed E-state index contributed by atoms with van der Waals surface area (Å²) in [5.74, 6) is -0.609. The van der Waals surface area contributed by atoms with E-state index in [2.05, 4.69) is 10.5 Å². The van der Waals surface area contributed by atoms with E-state index in [0.717, 1.165) is 25.0 Å². The van der Waals surface area contributed by atoms with Gasteiger partial charge >= 0.3 is 0 Å². The summed E-state index contributed by atoms with van der Waals surface area (Å²) in [7, 11) is 0. The van der Waals surface area contributed by atoms with Gasteiger partial charge in [0.05, 0.1) is 0 Å². The second-order valence-corrected chi connectivity index (χ2v) is 4.71. The maximum absolute atomic E-state index is 11.4. The molecule has 0 atom stereocenters. The smallest absolute Gasteiger partial charge is 0.253 e. The Morgan fingerprint density at radius 1 is 1.20 bits per heavy atom. The van der Waals surface area contributed by atoms with Crippen molar-refractivity contribution in [3.8, 4) is 0 Å². The van der Waals surface area contributed by atoms with Crippen LogP contribution in [-0.2, 0) is 14.4 Å². The zero-order chi connectivity index (χ0) is 15.0. The van der Waals surface area contributed by atoms with Crippen LogP contribution >= 0.6 is 0 Å². The minimum atomic E-state index is -0.253. The van der Waals surface area contributed by atoms with Crippen molar-refractivity contribution in [2.75, 3.05) is 6.54 Å². The topological polar surface area (TPSA) is 78.8 Å². The van der Waals surface area contributed by atoms with Crippen LogP contribution in [0.2, 0.25) is 0 Å². The summed E-state index contributed by atoms with van der Waals surface area (Å²) >= 11 is 0. The van der Waals surface area contributed by atoms with Crippen LogP contribution in [0.4, 0.5) is 0 Å². The highest BCUT2D eigenvalue weighted by molar-refractivity contribution is 6.12. The van der Waals surface area contributed by atoms with Crippen molar-refractivity contribution in [3.63, 3.8) is 0 Å². The van der Waals surface area contributed by atoms with Gasteiger partial charge < -0.3 is 0 Å². The highest BCUT2D eigenvalue weighted by atomic mass is 16.2. The van der Waals surface area contributed by atoms with E-state index in [1.807, 2.05) is 13.8 Å². The third kappa shape index (κ3) is 5.34. The minimum absolute atomic E-state index is 0.104. The molecule has 6 heteroatoms. The molecule has 0 aromatic rings. The molecule has 1 aliphatic heterocycles. The van der Waals surface area contributed by atoms with Crippen LogP contribution in [0.5, 0.6) is 0 Å². The molecular weight excluding hydrogens is 258 g/mol. The summed E-state index contributed by atoms with van der Waals surface area (Å²) in [4.78, 5) is 35.2. The number of carbonyl (C=O) groups excluding carboxylic acids is 3. The van der Waals surface area contributed by atoms with Gasteiger partial charge in [-0.05, 0) is 26.2 Å². The van der Waals surface area contributed by atoms with Crippen molar-refractivity contribution in [3.05, 3.63) is 12.2 Å². The molecule has 6 nitrogen and oxygen atoms in total. The Hall–Kier alpha value is -1.98.